The Labute approximate surface area is 307 Å². The SMILES string of the molecule is CC(=O)N[C@H]1[C@H](OCC2O[C@@H](O[C@@H]([C@H](O)[C@H](C=O)NC(C)=O)[C@H](O)CO)[C@H](O)[C@@H](O[C@@H]3O[C@H](CO)[C@@H](O)[C@H](O)[C@H]3NC(C)=O)[C@H]2O)O[C@H](CO)[C@@H](O)[C@@H]1O. The molecular formula is C30H51N3O21. The van der Waals surface area contributed by atoms with Crippen LogP contribution in [0, 0.1) is 0 Å². The van der Waals surface area contributed by atoms with Gasteiger partial charge in [-0.05, 0) is 0 Å². The van der Waals surface area contributed by atoms with Crippen LogP contribution in [-0.4, -0.2) is 223 Å². The van der Waals surface area contributed by atoms with E-state index in [0.717, 1.165) is 20.8 Å². The highest BCUT2D eigenvalue weighted by atomic mass is 16.7. The van der Waals surface area contributed by atoms with Crippen LogP contribution in [0.2, 0.25) is 0 Å². The van der Waals surface area contributed by atoms with Gasteiger partial charge in [-0.3, -0.25) is 14.4 Å². The molecule has 0 saturated carbocycles. The summed E-state index contributed by atoms with van der Waals surface area (Å²) in [5, 5.41) is 123. The van der Waals surface area contributed by atoms with E-state index in [4.69, 9.17) is 28.4 Å². The number of nitrogens with one attached hydrogen (secondary N) is 3. The van der Waals surface area contributed by atoms with Crippen LogP contribution in [0.15, 0.2) is 0 Å². The molecule has 3 saturated heterocycles. The number of rotatable bonds is 17. The summed E-state index contributed by atoms with van der Waals surface area (Å²) in [6.45, 7) is -0.455. The van der Waals surface area contributed by atoms with Gasteiger partial charge in [0, 0.05) is 20.8 Å². The zero-order chi connectivity index (χ0) is 40.6. The number of aldehydes is 1. The molecule has 0 aromatic rings. The third-order valence-corrected chi connectivity index (χ3v) is 8.94. The van der Waals surface area contributed by atoms with Crippen LogP contribution >= 0.6 is 0 Å². The Morgan fingerprint density at radius 2 is 1.19 bits per heavy atom. The minimum Gasteiger partial charge on any atom is -0.394 e. The Morgan fingerprint density at radius 1 is 0.685 bits per heavy atom. The van der Waals surface area contributed by atoms with Crippen molar-refractivity contribution in [2.45, 2.75) is 137 Å². The van der Waals surface area contributed by atoms with E-state index in [1.165, 1.54) is 0 Å². The summed E-state index contributed by atoms with van der Waals surface area (Å²) < 4.78 is 34.0. The van der Waals surface area contributed by atoms with Gasteiger partial charge in [0.2, 0.25) is 17.7 Å². The minimum absolute atomic E-state index is 0.0948. The Balaban J connectivity index is 2.01. The van der Waals surface area contributed by atoms with Gasteiger partial charge >= 0.3 is 0 Å². The van der Waals surface area contributed by atoms with Gasteiger partial charge in [0.05, 0.1) is 26.4 Å². The molecule has 3 amide bonds. The zero-order valence-electron chi connectivity index (χ0n) is 29.4. The van der Waals surface area contributed by atoms with Crippen LogP contribution in [0.25, 0.3) is 0 Å². The second kappa shape index (κ2) is 20.5. The molecular weight excluding hydrogens is 738 g/mol. The average Bonchev–Trinajstić information content (AvgIpc) is 3.12. The maximum atomic E-state index is 12.0. The van der Waals surface area contributed by atoms with Crippen molar-refractivity contribution < 1.29 is 104 Å². The highest BCUT2D eigenvalue weighted by Gasteiger charge is 2.53. The third kappa shape index (κ3) is 11.0. The van der Waals surface area contributed by atoms with E-state index in [1.54, 1.807) is 0 Å². The quantitative estimate of drug-likeness (QED) is 0.0608. The molecule has 0 spiro atoms. The van der Waals surface area contributed by atoms with Gasteiger partial charge in [0.15, 0.2) is 18.9 Å². The Bertz CT molecular complexity index is 1240. The Hall–Kier alpha value is -2.60. The summed E-state index contributed by atoms with van der Waals surface area (Å²) in [6, 6.07) is -4.79. The number of aliphatic hydroxyl groups is 11. The van der Waals surface area contributed by atoms with Crippen molar-refractivity contribution in [1.29, 1.82) is 0 Å². The minimum atomic E-state index is -2.18. The highest BCUT2D eigenvalue weighted by molar-refractivity contribution is 5.77. The van der Waals surface area contributed by atoms with Gasteiger partial charge < -0.3 is 105 Å². The molecule has 312 valence electrons. The molecule has 0 radical (unpaired) electrons. The Morgan fingerprint density at radius 3 is 1.65 bits per heavy atom. The molecule has 14 N–H and O–H groups in total. The van der Waals surface area contributed by atoms with E-state index in [1.807, 2.05) is 0 Å². The lowest BCUT2D eigenvalue weighted by Gasteiger charge is -2.48. The summed E-state index contributed by atoms with van der Waals surface area (Å²) in [6.07, 6.45) is -29.5. The first-order valence-corrected chi connectivity index (χ1v) is 16.8. The van der Waals surface area contributed by atoms with Gasteiger partial charge in [-0.25, -0.2) is 0 Å². The first kappa shape index (κ1) is 45.8. The van der Waals surface area contributed by atoms with Gasteiger partial charge in [-0.15, -0.1) is 0 Å². The largest absolute Gasteiger partial charge is 0.394 e. The average molecular weight is 790 g/mol. The van der Waals surface area contributed by atoms with Gasteiger partial charge in [0.25, 0.3) is 0 Å². The summed E-state index contributed by atoms with van der Waals surface area (Å²) in [5.74, 6) is -2.23. The lowest BCUT2D eigenvalue weighted by atomic mass is 9.95. The van der Waals surface area contributed by atoms with Crippen molar-refractivity contribution in [3.63, 3.8) is 0 Å². The normalized spacial score (nSPS) is 39.4. The number of amides is 3. The van der Waals surface area contributed by atoms with E-state index in [-0.39, 0.29) is 6.29 Å². The van der Waals surface area contributed by atoms with Gasteiger partial charge in [0.1, 0.15) is 104 Å². The van der Waals surface area contributed by atoms with Gasteiger partial charge in [-0.2, -0.15) is 0 Å². The number of carbonyl (C=O) groups excluding carboxylic acids is 4. The maximum absolute atomic E-state index is 12.0. The van der Waals surface area contributed by atoms with Crippen molar-refractivity contribution in [3.05, 3.63) is 0 Å². The van der Waals surface area contributed by atoms with E-state index < -0.39 is 160 Å². The fraction of sp³-hybridized carbons (Fsp3) is 0.867. The van der Waals surface area contributed by atoms with Crippen molar-refractivity contribution in [2.24, 2.45) is 0 Å². The molecule has 54 heavy (non-hydrogen) atoms. The third-order valence-electron chi connectivity index (χ3n) is 8.94. The van der Waals surface area contributed by atoms with E-state index in [0.29, 0.717) is 0 Å². The van der Waals surface area contributed by atoms with Crippen molar-refractivity contribution in [3.8, 4) is 0 Å². The summed E-state index contributed by atoms with van der Waals surface area (Å²) in [4.78, 5) is 47.3. The number of carbonyl (C=O) groups is 4. The lowest BCUT2D eigenvalue weighted by molar-refractivity contribution is -0.364. The van der Waals surface area contributed by atoms with E-state index in [2.05, 4.69) is 16.0 Å². The predicted octanol–water partition coefficient (Wildman–Crippen LogP) is -9.47. The maximum Gasteiger partial charge on any atom is 0.217 e. The molecule has 3 aliphatic rings. The van der Waals surface area contributed by atoms with Crippen LogP contribution in [-0.2, 0) is 47.6 Å². The number of hydrogen-bond donors (Lipinski definition) is 14. The Kier molecular flexibility index (Phi) is 17.4. The fourth-order valence-electron chi connectivity index (χ4n) is 6.15. The van der Waals surface area contributed by atoms with Crippen molar-refractivity contribution in [2.75, 3.05) is 26.4 Å². The van der Waals surface area contributed by atoms with Crippen molar-refractivity contribution >= 4 is 24.0 Å². The summed E-state index contributed by atoms with van der Waals surface area (Å²) in [5.41, 5.74) is 0. The molecule has 0 aliphatic carbocycles. The fourth-order valence-corrected chi connectivity index (χ4v) is 6.15. The zero-order valence-corrected chi connectivity index (χ0v) is 29.4. The summed E-state index contributed by atoms with van der Waals surface area (Å²) in [7, 11) is 0. The second-order valence-electron chi connectivity index (χ2n) is 13.0. The molecule has 0 aromatic heterocycles. The molecule has 19 atom stereocenters. The molecule has 3 aliphatic heterocycles. The second-order valence-corrected chi connectivity index (χ2v) is 13.0. The molecule has 3 rings (SSSR count). The number of ether oxygens (including phenoxy) is 6. The molecule has 0 aromatic carbocycles. The molecule has 24 nitrogen and oxygen atoms in total. The molecule has 0 bridgehead atoms. The first-order chi connectivity index (χ1) is 25.4. The van der Waals surface area contributed by atoms with Crippen LogP contribution in [0.1, 0.15) is 20.8 Å². The van der Waals surface area contributed by atoms with Crippen LogP contribution in [0.4, 0.5) is 0 Å². The molecule has 3 heterocycles. The van der Waals surface area contributed by atoms with E-state index >= 15 is 0 Å². The summed E-state index contributed by atoms with van der Waals surface area (Å²) >= 11 is 0. The van der Waals surface area contributed by atoms with Crippen LogP contribution < -0.4 is 16.0 Å². The number of aliphatic hydroxyl groups excluding tert-OH is 11. The monoisotopic (exact) mass is 789 g/mol. The predicted molar refractivity (Wildman–Crippen MR) is 170 cm³/mol. The van der Waals surface area contributed by atoms with Crippen LogP contribution in [0.3, 0.4) is 0 Å². The van der Waals surface area contributed by atoms with Crippen LogP contribution in [0.5, 0.6) is 0 Å². The topological polar surface area (TPSA) is 382 Å². The first-order valence-electron chi connectivity index (χ1n) is 16.8. The smallest absolute Gasteiger partial charge is 0.217 e. The molecule has 3 fully saturated rings. The molecule has 1 unspecified atom stereocenters. The van der Waals surface area contributed by atoms with E-state index in [9.17, 15) is 75.3 Å². The van der Waals surface area contributed by atoms with Crippen molar-refractivity contribution in [1.82, 2.24) is 16.0 Å². The number of hydrogen-bond acceptors (Lipinski definition) is 21. The molecule has 24 heteroatoms. The lowest BCUT2D eigenvalue weighted by Crippen LogP contribution is -2.68. The highest BCUT2D eigenvalue weighted by Crippen LogP contribution is 2.32. The standard InChI is InChI=1S/C30H51N3O21/c1-9(38)31-12(4-34)19(42)26(13(41)5-35)53-30-25(48)27(54-29-18(33-11(3)40)24(47)21(44)15(7-37)51-29)22(45)16(52-30)8-49-28-17(32-10(2)39)23(46)20(43)14(6-36)50-28/h4,12-30,35-37,41-48H,5-8H2,1-3H3,(H,31,38)(H,32,39)(H,33,40)/t12-,13+,14+,15+,16?,17+,18+,19+,20+,21+,22-,23+,24+,25+,26+,27-,28+,29-,30-/m0/s1. The van der Waals surface area contributed by atoms with Gasteiger partial charge in [-0.1, -0.05) is 0 Å².